The normalized spacial score (nSPS) is 11.7. The zero-order valence-corrected chi connectivity index (χ0v) is 37.1. The van der Waals surface area contributed by atoms with Gasteiger partial charge in [0.25, 0.3) is 0 Å². The van der Waals surface area contributed by atoms with Crippen LogP contribution in [0.2, 0.25) is 10.0 Å². The molecule has 0 fully saturated rings. The fourth-order valence-corrected chi connectivity index (χ4v) is 7.42. The molecule has 0 spiro atoms. The number of aliphatic hydroxyl groups excluding tert-OH is 2. The highest BCUT2D eigenvalue weighted by atomic mass is 35.5. The highest BCUT2D eigenvalue weighted by Gasteiger charge is 2.18. The van der Waals surface area contributed by atoms with Crippen LogP contribution in [0.25, 0.3) is 11.1 Å². The zero-order valence-electron chi connectivity index (χ0n) is 35.6. The molecule has 0 aliphatic carbocycles. The number of pyridine rings is 2. The number of ether oxygens (including phenoxy) is 4. The summed E-state index contributed by atoms with van der Waals surface area (Å²) in [5.41, 5.74) is 10.2. The van der Waals surface area contributed by atoms with Crippen LogP contribution in [0.1, 0.15) is 62.1 Å². The Morgan fingerprint density at radius 2 is 1.23 bits per heavy atom. The molecule has 0 saturated heterocycles. The Morgan fingerprint density at radius 3 is 1.75 bits per heavy atom. The molecule has 6 aromatic rings. The first-order chi connectivity index (χ1) is 31.0. The summed E-state index contributed by atoms with van der Waals surface area (Å²) in [5, 5.41) is 40.4. The van der Waals surface area contributed by atoms with Gasteiger partial charge in [0.1, 0.15) is 49.4 Å². The van der Waals surface area contributed by atoms with Crippen molar-refractivity contribution < 1.29 is 39.1 Å². The fraction of sp³-hybridized carbons (Fsp3) is 0.245. The van der Waals surface area contributed by atoms with Crippen LogP contribution >= 0.6 is 23.2 Å². The van der Waals surface area contributed by atoms with E-state index in [1.165, 1.54) is 6.21 Å². The molecule has 0 unspecified atom stereocenters. The smallest absolute Gasteiger partial charge is 0.305 e. The number of nitrogens with one attached hydrogen (secondary N) is 2. The zero-order chi connectivity index (χ0) is 45.6. The van der Waals surface area contributed by atoms with Crippen molar-refractivity contribution in [2.75, 3.05) is 13.7 Å². The van der Waals surface area contributed by atoms with Crippen LogP contribution in [0, 0.1) is 19.3 Å². The Kier molecular flexibility index (Phi) is 16.8. The van der Waals surface area contributed by atoms with Crippen molar-refractivity contribution in [2.24, 2.45) is 4.99 Å². The SMILES string of the molecule is CN=Cc1cncc(COc2cc(OCc3cccc(-c4cccc(COc5cc(OCc6cncc(C=N)c6)c(CO)cc5Cl)c4C)c3C)c(Cl)cc2CN[C@@H](CO)CC(=O)O)c1. The number of benzene rings is 4. The Labute approximate surface area is 381 Å². The molecule has 15 heteroatoms. The summed E-state index contributed by atoms with van der Waals surface area (Å²) in [6.45, 7) is 4.39. The van der Waals surface area contributed by atoms with Crippen molar-refractivity contribution in [1.82, 2.24) is 15.3 Å². The lowest BCUT2D eigenvalue weighted by molar-refractivity contribution is -0.137. The summed E-state index contributed by atoms with van der Waals surface area (Å²) >= 11 is 13.4. The van der Waals surface area contributed by atoms with E-state index >= 15 is 0 Å². The lowest BCUT2D eigenvalue weighted by atomic mass is 9.92. The minimum Gasteiger partial charge on any atom is -0.488 e. The van der Waals surface area contributed by atoms with Crippen molar-refractivity contribution in [3.05, 3.63) is 163 Å². The average molecular weight is 907 g/mol. The third-order valence-corrected chi connectivity index (χ3v) is 11.0. The minimum atomic E-state index is -1.03. The Morgan fingerprint density at radius 1 is 0.719 bits per heavy atom. The van der Waals surface area contributed by atoms with E-state index in [1.807, 2.05) is 44.2 Å². The second kappa shape index (κ2) is 22.8. The standard InChI is InChI=1S/C49H49Cl2N5O8/c1-30-36(28-63-47-15-45(61-27-35-11-33(18-53-3)20-55-22-35)38(12-43(47)50)23-56-40(25-58)14-49(59)60)6-4-8-41(30)42-9-5-7-37(31(42)2)29-64-48-16-46(39(24-57)13-44(48)51)62-26-34-10-32(17-52)19-54-21-34/h4-13,15-22,40,52,56-58H,14,23-29H2,1-3H3,(H,59,60)/t40-/m1/s1. The molecule has 332 valence electrons. The maximum atomic E-state index is 11.3. The number of aromatic nitrogens is 2. The number of aliphatic hydroxyl groups is 2. The van der Waals surface area contributed by atoms with E-state index in [2.05, 4.69) is 32.4 Å². The predicted octanol–water partition coefficient (Wildman–Crippen LogP) is 8.85. The lowest BCUT2D eigenvalue weighted by Gasteiger charge is -2.19. The molecule has 0 radical (unpaired) electrons. The van der Waals surface area contributed by atoms with E-state index in [0.29, 0.717) is 49.7 Å². The third kappa shape index (κ3) is 12.4. The predicted molar refractivity (Wildman–Crippen MR) is 247 cm³/mol. The van der Waals surface area contributed by atoms with E-state index in [0.717, 1.165) is 50.1 Å². The third-order valence-electron chi connectivity index (χ3n) is 10.4. The summed E-state index contributed by atoms with van der Waals surface area (Å²) in [4.78, 5) is 23.9. The van der Waals surface area contributed by atoms with Crippen molar-refractivity contribution >= 4 is 41.6 Å². The highest BCUT2D eigenvalue weighted by molar-refractivity contribution is 6.32. The number of carboxylic acid groups (broad SMARTS) is 1. The largest absolute Gasteiger partial charge is 0.488 e. The lowest BCUT2D eigenvalue weighted by Crippen LogP contribution is -2.34. The van der Waals surface area contributed by atoms with Crippen molar-refractivity contribution in [1.29, 1.82) is 5.41 Å². The van der Waals surface area contributed by atoms with E-state index in [1.54, 1.807) is 68.4 Å². The molecule has 0 aliphatic heterocycles. The Bertz CT molecular complexity index is 2620. The molecule has 0 aliphatic rings. The fourth-order valence-electron chi connectivity index (χ4n) is 6.94. The van der Waals surface area contributed by atoms with Crippen LogP contribution in [-0.2, 0) is 44.4 Å². The number of halogens is 2. The maximum absolute atomic E-state index is 11.3. The molecular weight excluding hydrogens is 857 g/mol. The summed E-state index contributed by atoms with van der Waals surface area (Å²) in [6.07, 6.45) is 9.32. The molecule has 2 heterocycles. The van der Waals surface area contributed by atoms with Crippen molar-refractivity contribution in [3.63, 3.8) is 0 Å². The second-order valence-electron chi connectivity index (χ2n) is 14.9. The number of rotatable bonds is 22. The number of nitrogens with zero attached hydrogens (tertiary/aromatic N) is 3. The van der Waals surface area contributed by atoms with Crippen molar-refractivity contribution in [3.8, 4) is 34.1 Å². The first kappa shape index (κ1) is 47.1. The van der Waals surface area contributed by atoms with Gasteiger partial charge in [0.2, 0.25) is 0 Å². The first-order valence-electron chi connectivity index (χ1n) is 20.3. The van der Waals surface area contributed by atoms with Gasteiger partial charge in [-0.25, -0.2) is 0 Å². The summed E-state index contributed by atoms with van der Waals surface area (Å²) in [5.74, 6) is 0.646. The molecule has 0 saturated carbocycles. The molecule has 4 aromatic carbocycles. The molecule has 2 aromatic heterocycles. The number of aliphatic imine (C=N–C) groups is 1. The van der Waals surface area contributed by atoms with Crippen LogP contribution in [0.3, 0.4) is 0 Å². The molecule has 5 N–H and O–H groups in total. The van der Waals surface area contributed by atoms with Crippen LogP contribution in [-0.4, -0.2) is 63.4 Å². The Hall–Kier alpha value is -6.35. The van der Waals surface area contributed by atoms with E-state index in [9.17, 15) is 20.1 Å². The van der Waals surface area contributed by atoms with Crippen LogP contribution in [0.15, 0.2) is 103 Å². The quantitative estimate of drug-likeness (QED) is 0.0410. The van der Waals surface area contributed by atoms with Gasteiger partial charge in [-0.3, -0.25) is 19.8 Å². The summed E-state index contributed by atoms with van der Waals surface area (Å²) in [6, 6.07) is 21.9. The molecule has 13 nitrogen and oxygen atoms in total. The van der Waals surface area contributed by atoms with Gasteiger partial charge >= 0.3 is 5.97 Å². The summed E-state index contributed by atoms with van der Waals surface area (Å²) in [7, 11) is 1.68. The average Bonchev–Trinajstić information content (AvgIpc) is 3.29. The van der Waals surface area contributed by atoms with Gasteiger partial charge in [0.15, 0.2) is 0 Å². The monoisotopic (exact) mass is 905 g/mol. The molecule has 0 bridgehead atoms. The van der Waals surface area contributed by atoms with E-state index in [4.69, 9.17) is 47.6 Å². The van der Waals surface area contributed by atoms with Crippen LogP contribution in [0.4, 0.5) is 0 Å². The second-order valence-corrected chi connectivity index (χ2v) is 15.7. The van der Waals surface area contributed by atoms with Gasteiger partial charge in [0, 0.05) is 102 Å². The van der Waals surface area contributed by atoms with Gasteiger partial charge in [-0.15, -0.1) is 0 Å². The molecular formula is C49H49Cl2N5O8. The molecule has 64 heavy (non-hydrogen) atoms. The molecule has 6 rings (SSSR count). The van der Waals surface area contributed by atoms with Gasteiger partial charge in [-0.1, -0.05) is 59.6 Å². The summed E-state index contributed by atoms with van der Waals surface area (Å²) < 4.78 is 25.0. The topological polar surface area (TPSA) is 189 Å². The molecule has 1 atom stereocenters. The van der Waals surface area contributed by atoms with E-state index in [-0.39, 0.29) is 52.6 Å². The maximum Gasteiger partial charge on any atom is 0.305 e. The van der Waals surface area contributed by atoms with Gasteiger partial charge in [-0.2, -0.15) is 0 Å². The van der Waals surface area contributed by atoms with Crippen LogP contribution in [0.5, 0.6) is 23.0 Å². The number of hydrogen-bond acceptors (Lipinski definition) is 12. The minimum absolute atomic E-state index is 0.174. The van der Waals surface area contributed by atoms with Gasteiger partial charge < -0.3 is 45.0 Å². The highest BCUT2D eigenvalue weighted by Crippen LogP contribution is 2.37. The van der Waals surface area contributed by atoms with Gasteiger partial charge in [0.05, 0.1) is 29.7 Å². The number of aliphatic carboxylic acids is 1. The molecule has 0 amide bonds. The van der Waals surface area contributed by atoms with E-state index < -0.39 is 12.0 Å². The number of carboxylic acids is 1. The Balaban J connectivity index is 1.18. The number of carbonyl (C=O) groups is 1. The van der Waals surface area contributed by atoms with Crippen LogP contribution < -0.4 is 24.3 Å². The van der Waals surface area contributed by atoms with Crippen molar-refractivity contribution in [2.45, 2.75) is 65.9 Å². The number of hydrogen-bond donors (Lipinski definition) is 5. The van der Waals surface area contributed by atoms with Gasteiger partial charge in [-0.05, 0) is 71.5 Å². The first-order valence-corrected chi connectivity index (χ1v) is 21.1.